The second-order valence-corrected chi connectivity index (χ2v) is 3.56. The van der Waals surface area contributed by atoms with E-state index in [0.717, 1.165) is 19.3 Å². The van der Waals surface area contributed by atoms with Crippen molar-refractivity contribution in [1.29, 1.82) is 0 Å². The lowest BCUT2D eigenvalue weighted by atomic mass is 10.1. The van der Waals surface area contributed by atoms with Gasteiger partial charge in [0.2, 0.25) is 5.75 Å². The highest BCUT2D eigenvalue weighted by Gasteiger charge is 2.12. The van der Waals surface area contributed by atoms with Crippen LogP contribution in [-0.4, -0.2) is 16.3 Å². The zero-order valence-corrected chi connectivity index (χ0v) is 9.23. The predicted molar refractivity (Wildman–Crippen MR) is 59.4 cm³/mol. The first-order valence-corrected chi connectivity index (χ1v) is 5.36. The molecule has 0 aliphatic heterocycles. The number of rotatable bonds is 5. The fourth-order valence-electron chi connectivity index (χ4n) is 1.45. The lowest BCUT2D eigenvalue weighted by Gasteiger charge is -2.17. The van der Waals surface area contributed by atoms with Crippen molar-refractivity contribution >= 4 is 0 Å². The third kappa shape index (κ3) is 3.05. The van der Waals surface area contributed by atoms with Crippen LogP contribution in [0.3, 0.4) is 0 Å². The van der Waals surface area contributed by atoms with Crippen molar-refractivity contribution in [3.63, 3.8) is 0 Å². The lowest BCUT2D eigenvalue weighted by Crippen LogP contribution is -2.14. The molecule has 0 saturated carbocycles. The van der Waals surface area contributed by atoms with Gasteiger partial charge in [0.15, 0.2) is 11.5 Å². The van der Waals surface area contributed by atoms with E-state index in [0.29, 0.717) is 5.75 Å². The Bertz CT molecular complexity index is 310. The van der Waals surface area contributed by atoms with E-state index in [9.17, 15) is 10.2 Å². The van der Waals surface area contributed by atoms with Gasteiger partial charge in [0.05, 0.1) is 6.10 Å². The van der Waals surface area contributed by atoms with Crippen LogP contribution in [0, 0.1) is 0 Å². The summed E-state index contributed by atoms with van der Waals surface area (Å²) >= 11 is 0. The van der Waals surface area contributed by atoms with Crippen LogP contribution in [0.5, 0.6) is 17.2 Å². The summed E-state index contributed by atoms with van der Waals surface area (Å²) in [5.41, 5.74) is 0. The summed E-state index contributed by atoms with van der Waals surface area (Å²) in [5, 5.41) is 18.8. The first-order chi connectivity index (χ1) is 7.19. The Hall–Kier alpha value is -1.38. The number of hydrogen-bond donors (Lipinski definition) is 2. The molecule has 84 valence electrons. The van der Waals surface area contributed by atoms with Crippen LogP contribution in [0.15, 0.2) is 18.2 Å². The molecule has 0 aliphatic rings. The summed E-state index contributed by atoms with van der Waals surface area (Å²) in [6.45, 7) is 4.13. The molecule has 0 bridgehead atoms. The van der Waals surface area contributed by atoms with Gasteiger partial charge in [-0.3, -0.25) is 0 Å². The lowest BCUT2D eigenvalue weighted by molar-refractivity contribution is 0.177. The van der Waals surface area contributed by atoms with Crippen molar-refractivity contribution in [2.24, 2.45) is 0 Å². The molecule has 0 radical (unpaired) electrons. The molecule has 3 heteroatoms. The van der Waals surface area contributed by atoms with Gasteiger partial charge < -0.3 is 14.9 Å². The molecule has 1 atom stereocenters. The summed E-state index contributed by atoms with van der Waals surface area (Å²) in [6.07, 6.45) is 2.98. The van der Waals surface area contributed by atoms with Crippen LogP contribution in [-0.2, 0) is 0 Å². The highest BCUT2D eigenvalue weighted by atomic mass is 16.5. The average Bonchev–Trinajstić information content (AvgIpc) is 2.24. The Kier molecular flexibility index (Phi) is 4.28. The van der Waals surface area contributed by atoms with E-state index in [4.69, 9.17) is 4.74 Å². The highest BCUT2D eigenvalue weighted by molar-refractivity contribution is 5.48. The van der Waals surface area contributed by atoms with Crippen molar-refractivity contribution < 1.29 is 14.9 Å². The summed E-state index contributed by atoms with van der Waals surface area (Å²) in [5.74, 6) is 0.0428. The normalized spacial score (nSPS) is 12.4. The minimum Gasteiger partial charge on any atom is -0.504 e. The number of phenols is 2. The van der Waals surface area contributed by atoms with Gasteiger partial charge in [-0.15, -0.1) is 0 Å². The van der Waals surface area contributed by atoms with E-state index in [1.54, 1.807) is 12.1 Å². The second-order valence-electron chi connectivity index (χ2n) is 3.56. The number of hydrogen-bond acceptors (Lipinski definition) is 3. The van der Waals surface area contributed by atoms with Gasteiger partial charge in [-0.05, 0) is 25.0 Å². The molecule has 0 aromatic heterocycles. The molecule has 1 unspecified atom stereocenters. The molecule has 0 fully saturated rings. The van der Waals surface area contributed by atoms with Crippen LogP contribution >= 0.6 is 0 Å². The molecule has 1 aromatic rings. The van der Waals surface area contributed by atoms with Gasteiger partial charge in [-0.1, -0.05) is 26.3 Å². The minimum absolute atomic E-state index is 0.0997. The molecule has 0 aliphatic carbocycles. The molecule has 2 N–H and O–H groups in total. The van der Waals surface area contributed by atoms with Crippen LogP contribution < -0.4 is 4.74 Å². The van der Waals surface area contributed by atoms with Crippen LogP contribution in [0.1, 0.15) is 33.1 Å². The van der Waals surface area contributed by atoms with Gasteiger partial charge in [-0.25, -0.2) is 0 Å². The predicted octanol–water partition coefficient (Wildman–Crippen LogP) is 3.06. The summed E-state index contributed by atoms with van der Waals surface area (Å²) in [6, 6.07) is 4.75. The Morgan fingerprint density at radius 2 is 2.00 bits per heavy atom. The van der Waals surface area contributed by atoms with Crippen molar-refractivity contribution in [3.8, 4) is 17.2 Å². The largest absolute Gasteiger partial charge is 0.504 e. The van der Waals surface area contributed by atoms with Crippen LogP contribution in [0.25, 0.3) is 0 Å². The number of ether oxygens (including phenoxy) is 1. The summed E-state index contributed by atoms with van der Waals surface area (Å²) < 4.78 is 5.61. The van der Waals surface area contributed by atoms with E-state index in [1.165, 1.54) is 6.07 Å². The standard InChI is InChI=1S/C12H18O3/c1-3-6-9(4-2)15-11-8-5-7-10(13)12(11)14/h5,7-9,13-14H,3-4,6H2,1-2H3. The molecule has 0 saturated heterocycles. The Balaban J connectivity index is 2.74. The van der Waals surface area contributed by atoms with E-state index < -0.39 is 0 Å². The third-order valence-electron chi connectivity index (χ3n) is 2.34. The number of para-hydroxylation sites is 1. The minimum atomic E-state index is -0.174. The molecule has 0 amide bonds. The molecule has 3 nitrogen and oxygen atoms in total. The van der Waals surface area contributed by atoms with Crippen LogP contribution in [0.2, 0.25) is 0 Å². The fraction of sp³-hybridized carbons (Fsp3) is 0.500. The molecule has 0 heterocycles. The monoisotopic (exact) mass is 210 g/mol. The van der Waals surface area contributed by atoms with Gasteiger partial charge in [0, 0.05) is 0 Å². The topological polar surface area (TPSA) is 49.7 Å². The van der Waals surface area contributed by atoms with Gasteiger partial charge in [0.25, 0.3) is 0 Å². The molecular formula is C12H18O3. The van der Waals surface area contributed by atoms with Crippen molar-refractivity contribution in [1.82, 2.24) is 0 Å². The Labute approximate surface area is 90.3 Å². The highest BCUT2D eigenvalue weighted by Crippen LogP contribution is 2.35. The summed E-state index contributed by atoms with van der Waals surface area (Å²) in [4.78, 5) is 0. The van der Waals surface area contributed by atoms with Crippen molar-refractivity contribution in [3.05, 3.63) is 18.2 Å². The van der Waals surface area contributed by atoms with Crippen molar-refractivity contribution in [2.45, 2.75) is 39.2 Å². The SMILES string of the molecule is CCCC(CC)Oc1cccc(O)c1O. The zero-order valence-electron chi connectivity index (χ0n) is 9.23. The second kappa shape index (κ2) is 5.49. The van der Waals surface area contributed by atoms with Crippen LogP contribution in [0.4, 0.5) is 0 Å². The quantitative estimate of drug-likeness (QED) is 0.734. The zero-order chi connectivity index (χ0) is 11.3. The first kappa shape index (κ1) is 11.7. The van der Waals surface area contributed by atoms with E-state index in [-0.39, 0.29) is 17.6 Å². The number of phenolic OH excluding ortho intramolecular Hbond substituents is 2. The number of benzene rings is 1. The molecule has 1 aromatic carbocycles. The van der Waals surface area contributed by atoms with Crippen molar-refractivity contribution in [2.75, 3.05) is 0 Å². The maximum atomic E-state index is 9.54. The maximum Gasteiger partial charge on any atom is 0.200 e. The molecular weight excluding hydrogens is 192 g/mol. The smallest absolute Gasteiger partial charge is 0.200 e. The molecule has 1 rings (SSSR count). The molecule has 15 heavy (non-hydrogen) atoms. The third-order valence-corrected chi connectivity index (χ3v) is 2.34. The van der Waals surface area contributed by atoms with E-state index in [1.807, 2.05) is 6.92 Å². The van der Waals surface area contributed by atoms with Gasteiger partial charge >= 0.3 is 0 Å². The van der Waals surface area contributed by atoms with E-state index >= 15 is 0 Å². The van der Waals surface area contributed by atoms with E-state index in [2.05, 4.69) is 6.92 Å². The summed E-state index contributed by atoms with van der Waals surface area (Å²) in [7, 11) is 0. The molecule has 0 spiro atoms. The van der Waals surface area contributed by atoms with Gasteiger partial charge in [0.1, 0.15) is 0 Å². The Morgan fingerprint density at radius 3 is 2.60 bits per heavy atom. The maximum absolute atomic E-state index is 9.54. The fourth-order valence-corrected chi connectivity index (χ4v) is 1.45. The van der Waals surface area contributed by atoms with Gasteiger partial charge in [-0.2, -0.15) is 0 Å². The number of aromatic hydroxyl groups is 2. The average molecular weight is 210 g/mol. The Morgan fingerprint density at radius 1 is 1.27 bits per heavy atom. The first-order valence-electron chi connectivity index (χ1n) is 5.36.